The Labute approximate surface area is 103 Å². The maximum absolute atomic E-state index is 11.5. The van der Waals surface area contributed by atoms with Gasteiger partial charge in [-0.2, -0.15) is 0 Å². The topological polar surface area (TPSA) is 17.1 Å². The summed E-state index contributed by atoms with van der Waals surface area (Å²) in [6.07, 6.45) is 0. The summed E-state index contributed by atoms with van der Waals surface area (Å²) < 4.78 is 0. The molecular formula is C13H8OS2. The van der Waals surface area contributed by atoms with Gasteiger partial charge in [-0.25, -0.2) is 0 Å². The minimum Gasteiger partial charge on any atom is -0.278 e. The molecule has 0 fully saturated rings. The Bertz CT molecular complexity index is 518. The number of Topliss-reactive ketones (excluding diaryl/α,β-unsaturated/α-hetero) is 1. The molecule has 0 unspecified atom stereocenters. The van der Waals surface area contributed by atoms with Crippen LogP contribution in [0.5, 0.6) is 0 Å². The van der Waals surface area contributed by atoms with E-state index in [9.17, 15) is 4.79 Å². The molecule has 78 valence electrons. The molecular weight excluding hydrogens is 236 g/mol. The highest BCUT2D eigenvalue weighted by Gasteiger charge is 2.01. The molecule has 0 saturated heterocycles. The maximum Gasteiger partial charge on any atom is 0.246 e. The van der Waals surface area contributed by atoms with E-state index in [0.29, 0.717) is 4.88 Å². The van der Waals surface area contributed by atoms with Crippen LogP contribution in [-0.2, 0) is 0 Å². The summed E-state index contributed by atoms with van der Waals surface area (Å²) in [7, 11) is 0. The van der Waals surface area contributed by atoms with Crippen molar-refractivity contribution >= 4 is 28.9 Å². The second-order valence-corrected chi connectivity index (χ2v) is 4.78. The third kappa shape index (κ3) is 2.99. The summed E-state index contributed by atoms with van der Waals surface area (Å²) in [4.78, 5) is 13.3. The average Bonchev–Trinajstić information content (AvgIpc) is 2.84. The molecule has 0 bridgehead atoms. The molecule has 0 aliphatic heterocycles. The third-order valence-electron chi connectivity index (χ3n) is 1.82. The maximum atomic E-state index is 11.5. The van der Waals surface area contributed by atoms with Crippen LogP contribution in [0.3, 0.4) is 0 Å². The van der Waals surface area contributed by atoms with Crippen LogP contribution in [0.4, 0.5) is 0 Å². The first-order valence-electron chi connectivity index (χ1n) is 4.67. The molecule has 0 atom stereocenters. The zero-order chi connectivity index (χ0) is 11.2. The zero-order valence-corrected chi connectivity index (χ0v) is 9.98. The Balaban J connectivity index is 1.99. The van der Waals surface area contributed by atoms with Crippen molar-refractivity contribution in [2.45, 2.75) is 4.90 Å². The van der Waals surface area contributed by atoms with Gasteiger partial charge in [0.15, 0.2) is 0 Å². The van der Waals surface area contributed by atoms with E-state index in [0.717, 1.165) is 4.90 Å². The molecule has 0 aliphatic carbocycles. The third-order valence-corrected chi connectivity index (χ3v) is 3.40. The zero-order valence-electron chi connectivity index (χ0n) is 8.34. The van der Waals surface area contributed by atoms with Gasteiger partial charge < -0.3 is 0 Å². The summed E-state index contributed by atoms with van der Waals surface area (Å²) in [6, 6.07) is 13.4. The number of hydrogen-bond acceptors (Lipinski definition) is 3. The molecule has 1 aromatic heterocycles. The minimum absolute atomic E-state index is 0.113. The molecule has 2 rings (SSSR count). The Morgan fingerprint density at radius 3 is 2.62 bits per heavy atom. The number of carbonyl (C=O) groups is 1. The standard InChI is InChI=1S/C13H8OS2/c14-12(13-7-4-9-16-13)8-10-15-11-5-2-1-3-6-11/h1-7,9H. The largest absolute Gasteiger partial charge is 0.278 e. The lowest BCUT2D eigenvalue weighted by Crippen LogP contribution is -1.88. The molecule has 16 heavy (non-hydrogen) atoms. The number of rotatable bonds is 2. The average molecular weight is 244 g/mol. The molecule has 3 heteroatoms. The van der Waals surface area contributed by atoms with Gasteiger partial charge in [0.05, 0.1) is 4.88 Å². The lowest BCUT2D eigenvalue weighted by Gasteiger charge is -1.90. The van der Waals surface area contributed by atoms with Crippen molar-refractivity contribution in [1.82, 2.24) is 0 Å². The molecule has 0 N–H and O–H groups in total. The van der Waals surface area contributed by atoms with Crippen molar-refractivity contribution in [3.63, 3.8) is 0 Å². The smallest absolute Gasteiger partial charge is 0.246 e. The second-order valence-electron chi connectivity index (χ2n) is 2.95. The number of hydrogen-bond donors (Lipinski definition) is 0. The van der Waals surface area contributed by atoms with Crippen molar-refractivity contribution < 1.29 is 4.79 Å². The fourth-order valence-electron chi connectivity index (χ4n) is 1.09. The van der Waals surface area contributed by atoms with Crippen molar-refractivity contribution in [2.75, 3.05) is 0 Å². The lowest BCUT2D eigenvalue weighted by atomic mass is 10.3. The number of thiophene rings is 1. The van der Waals surface area contributed by atoms with Crippen LogP contribution in [0.15, 0.2) is 52.7 Å². The quantitative estimate of drug-likeness (QED) is 0.455. The summed E-state index contributed by atoms with van der Waals surface area (Å²) in [5.41, 5.74) is 0. The first-order valence-corrected chi connectivity index (χ1v) is 6.36. The molecule has 0 spiro atoms. The molecule has 1 nitrogen and oxygen atoms in total. The monoisotopic (exact) mass is 244 g/mol. The van der Waals surface area contributed by atoms with Crippen LogP contribution in [0.2, 0.25) is 0 Å². The number of benzene rings is 1. The van der Waals surface area contributed by atoms with E-state index < -0.39 is 0 Å². The summed E-state index contributed by atoms with van der Waals surface area (Å²) in [6.45, 7) is 0. The van der Waals surface area contributed by atoms with Gasteiger partial charge >= 0.3 is 0 Å². The molecule has 0 amide bonds. The van der Waals surface area contributed by atoms with Crippen molar-refractivity contribution in [2.24, 2.45) is 0 Å². The number of thioether (sulfide) groups is 1. The summed E-state index contributed by atoms with van der Waals surface area (Å²) >= 11 is 2.78. The van der Waals surface area contributed by atoms with Gasteiger partial charge in [-0.1, -0.05) is 24.3 Å². The van der Waals surface area contributed by atoms with Crippen molar-refractivity contribution in [1.29, 1.82) is 0 Å². The number of carbonyl (C=O) groups excluding carboxylic acids is 1. The van der Waals surface area contributed by atoms with Crippen LogP contribution in [0.25, 0.3) is 0 Å². The molecule has 0 radical (unpaired) electrons. The van der Waals surface area contributed by atoms with E-state index in [1.807, 2.05) is 41.8 Å². The van der Waals surface area contributed by atoms with Gasteiger partial charge in [-0.05, 0) is 46.5 Å². The van der Waals surface area contributed by atoms with E-state index in [1.54, 1.807) is 6.07 Å². The van der Waals surface area contributed by atoms with E-state index in [1.165, 1.54) is 23.1 Å². The van der Waals surface area contributed by atoms with E-state index >= 15 is 0 Å². The minimum atomic E-state index is -0.113. The fraction of sp³-hybridized carbons (Fsp3) is 0. The normalized spacial score (nSPS) is 9.25. The van der Waals surface area contributed by atoms with Gasteiger partial charge in [-0.15, -0.1) is 11.3 Å². The lowest BCUT2D eigenvalue weighted by molar-refractivity contribution is 0.106. The van der Waals surface area contributed by atoms with Gasteiger partial charge in [0.2, 0.25) is 5.78 Å². The highest BCUT2D eigenvalue weighted by Crippen LogP contribution is 2.15. The van der Waals surface area contributed by atoms with Gasteiger partial charge in [-0.3, -0.25) is 4.79 Å². The first kappa shape index (κ1) is 11.0. The van der Waals surface area contributed by atoms with Gasteiger partial charge in [0, 0.05) is 4.90 Å². The molecule has 1 heterocycles. The van der Waals surface area contributed by atoms with Gasteiger partial charge in [0.25, 0.3) is 0 Å². The van der Waals surface area contributed by atoms with E-state index in [-0.39, 0.29) is 5.78 Å². The fourth-order valence-corrected chi connectivity index (χ4v) is 2.26. The van der Waals surface area contributed by atoms with Crippen molar-refractivity contribution in [3.8, 4) is 11.2 Å². The van der Waals surface area contributed by atoms with Crippen molar-refractivity contribution in [3.05, 3.63) is 52.7 Å². The van der Waals surface area contributed by atoms with Crippen LogP contribution in [-0.4, -0.2) is 5.78 Å². The highest BCUT2D eigenvalue weighted by molar-refractivity contribution is 8.04. The molecule has 0 aliphatic rings. The van der Waals surface area contributed by atoms with Crippen LogP contribution >= 0.6 is 23.1 Å². The number of ketones is 1. The Kier molecular flexibility index (Phi) is 3.81. The van der Waals surface area contributed by atoms with Gasteiger partial charge in [0.1, 0.15) is 0 Å². The van der Waals surface area contributed by atoms with Crippen LogP contribution in [0, 0.1) is 11.2 Å². The second kappa shape index (κ2) is 5.55. The van der Waals surface area contributed by atoms with E-state index in [4.69, 9.17) is 0 Å². The van der Waals surface area contributed by atoms with E-state index in [2.05, 4.69) is 11.2 Å². The Hall–Kier alpha value is -1.50. The Morgan fingerprint density at radius 2 is 1.94 bits per heavy atom. The first-order chi connectivity index (χ1) is 7.86. The van der Waals surface area contributed by atoms with Crippen LogP contribution < -0.4 is 0 Å². The summed E-state index contributed by atoms with van der Waals surface area (Å²) in [5.74, 6) is 2.51. The predicted octanol–water partition coefficient (Wildman–Crippen LogP) is 3.68. The van der Waals surface area contributed by atoms with Crippen LogP contribution in [0.1, 0.15) is 9.67 Å². The summed E-state index contributed by atoms with van der Waals surface area (Å²) in [5, 5.41) is 4.69. The molecule has 2 aromatic rings. The molecule has 1 aromatic carbocycles. The highest BCUT2D eigenvalue weighted by atomic mass is 32.2. The SMILES string of the molecule is O=C(C#CSc1ccccc1)c1cccs1. The molecule has 0 saturated carbocycles. The Morgan fingerprint density at radius 1 is 1.12 bits per heavy atom. The predicted molar refractivity (Wildman–Crippen MR) is 68.7 cm³/mol.